The number of rotatable bonds is 4. The highest BCUT2D eigenvalue weighted by Crippen LogP contribution is 2.22. The van der Waals surface area contributed by atoms with Crippen LogP contribution in [0, 0.1) is 0 Å². The van der Waals surface area contributed by atoms with Crippen molar-refractivity contribution in [3.63, 3.8) is 0 Å². The number of para-hydroxylation sites is 1. The van der Waals surface area contributed by atoms with Crippen molar-refractivity contribution in [1.29, 1.82) is 0 Å². The Labute approximate surface area is 142 Å². The minimum Gasteiger partial charge on any atom is -0.350 e. The summed E-state index contributed by atoms with van der Waals surface area (Å²) in [5, 5.41) is 0.992. The molecule has 0 saturated carbocycles. The van der Waals surface area contributed by atoms with Gasteiger partial charge < -0.3 is 14.4 Å². The van der Waals surface area contributed by atoms with E-state index in [0.29, 0.717) is 32.6 Å². The zero-order valence-electron chi connectivity index (χ0n) is 14.5. The van der Waals surface area contributed by atoms with Crippen molar-refractivity contribution in [3.8, 4) is 0 Å². The van der Waals surface area contributed by atoms with Crippen molar-refractivity contribution in [2.75, 3.05) is 26.2 Å². The molecule has 0 unspecified atom stereocenters. The predicted octanol–water partition coefficient (Wildman–Crippen LogP) is 2.65. The average molecular weight is 327 g/mol. The molecule has 1 aliphatic heterocycles. The molecule has 0 bridgehead atoms. The number of amides is 2. The van der Waals surface area contributed by atoms with Crippen molar-refractivity contribution in [3.05, 3.63) is 36.0 Å². The molecule has 1 aromatic heterocycles. The van der Waals surface area contributed by atoms with Gasteiger partial charge >= 0.3 is 0 Å². The maximum atomic E-state index is 12.9. The molecular weight excluding hydrogens is 302 g/mol. The van der Waals surface area contributed by atoms with Gasteiger partial charge in [0.15, 0.2) is 0 Å². The van der Waals surface area contributed by atoms with E-state index in [9.17, 15) is 9.59 Å². The lowest BCUT2D eigenvalue weighted by atomic mass is 10.1. The summed E-state index contributed by atoms with van der Waals surface area (Å²) in [4.78, 5) is 28.7. The molecule has 1 saturated heterocycles. The first kappa shape index (κ1) is 16.6. The molecule has 24 heavy (non-hydrogen) atoms. The van der Waals surface area contributed by atoms with Crippen LogP contribution < -0.4 is 0 Å². The number of hydrogen-bond donors (Lipinski definition) is 0. The number of nitrogens with zero attached hydrogens (tertiary/aromatic N) is 3. The Balaban J connectivity index is 1.68. The molecule has 0 atom stereocenters. The molecule has 0 radical (unpaired) electrons. The van der Waals surface area contributed by atoms with E-state index in [1.165, 1.54) is 0 Å². The molecule has 5 nitrogen and oxygen atoms in total. The quantitative estimate of drug-likeness (QED) is 0.867. The van der Waals surface area contributed by atoms with Crippen LogP contribution in [0.1, 0.15) is 36.5 Å². The van der Waals surface area contributed by atoms with E-state index < -0.39 is 0 Å². The Kier molecular flexibility index (Phi) is 4.88. The molecule has 2 aromatic rings. The molecule has 0 aliphatic carbocycles. The maximum Gasteiger partial charge on any atom is 0.256 e. The first-order chi connectivity index (χ1) is 11.6. The highest BCUT2D eigenvalue weighted by Gasteiger charge is 2.26. The molecule has 1 aromatic carbocycles. The second kappa shape index (κ2) is 7.07. The van der Waals surface area contributed by atoms with Crippen LogP contribution in [0.25, 0.3) is 10.9 Å². The van der Waals surface area contributed by atoms with Crippen molar-refractivity contribution in [2.24, 2.45) is 7.05 Å². The largest absolute Gasteiger partial charge is 0.350 e. The molecule has 0 N–H and O–H groups in total. The van der Waals surface area contributed by atoms with E-state index in [2.05, 4.69) is 6.92 Å². The summed E-state index contributed by atoms with van der Waals surface area (Å²) in [6.45, 7) is 4.59. The molecular formula is C19H25N3O2. The summed E-state index contributed by atoms with van der Waals surface area (Å²) in [6, 6.07) is 7.96. The Morgan fingerprint density at radius 1 is 1.04 bits per heavy atom. The van der Waals surface area contributed by atoms with E-state index in [1.54, 1.807) is 0 Å². The van der Waals surface area contributed by atoms with Gasteiger partial charge in [0.25, 0.3) is 5.91 Å². The third kappa shape index (κ3) is 3.16. The molecule has 128 valence electrons. The molecule has 2 amide bonds. The highest BCUT2D eigenvalue weighted by molar-refractivity contribution is 6.07. The number of unbranched alkanes of at least 4 members (excludes halogenated alkanes) is 1. The van der Waals surface area contributed by atoms with Gasteiger partial charge in [0, 0.05) is 56.7 Å². The molecule has 1 fully saturated rings. The average Bonchev–Trinajstić information content (AvgIpc) is 2.96. The minimum atomic E-state index is 0.0625. The Morgan fingerprint density at radius 2 is 1.71 bits per heavy atom. The summed E-state index contributed by atoms with van der Waals surface area (Å²) in [5.41, 5.74) is 1.81. The van der Waals surface area contributed by atoms with Crippen molar-refractivity contribution in [1.82, 2.24) is 14.4 Å². The summed E-state index contributed by atoms with van der Waals surface area (Å²) < 4.78 is 1.99. The van der Waals surface area contributed by atoms with E-state index in [4.69, 9.17) is 0 Å². The Hall–Kier alpha value is -2.30. The molecule has 1 aliphatic rings. The van der Waals surface area contributed by atoms with Crippen LogP contribution in [0.4, 0.5) is 0 Å². The molecule has 2 heterocycles. The van der Waals surface area contributed by atoms with Gasteiger partial charge in [0.1, 0.15) is 0 Å². The van der Waals surface area contributed by atoms with Gasteiger partial charge in [0.2, 0.25) is 5.91 Å². The number of benzene rings is 1. The van der Waals surface area contributed by atoms with Crippen LogP contribution in [0.15, 0.2) is 30.5 Å². The zero-order chi connectivity index (χ0) is 17.1. The van der Waals surface area contributed by atoms with Gasteiger partial charge in [-0.15, -0.1) is 0 Å². The number of aryl methyl sites for hydroxylation is 1. The smallest absolute Gasteiger partial charge is 0.256 e. The Morgan fingerprint density at radius 3 is 2.42 bits per heavy atom. The van der Waals surface area contributed by atoms with Crippen LogP contribution in [0.5, 0.6) is 0 Å². The Bertz CT molecular complexity index is 742. The topological polar surface area (TPSA) is 45.6 Å². The van der Waals surface area contributed by atoms with E-state index >= 15 is 0 Å². The lowest BCUT2D eigenvalue weighted by molar-refractivity contribution is -0.132. The number of carbonyl (C=O) groups excluding carboxylic acids is 2. The number of fused-ring (bicyclic) bond motifs is 1. The monoisotopic (exact) mass is 327 g/mol. The van der Waals surface area contributed by atoms with Gasteiger partial charge in [-0.05, 0) is 12.5 Å². The maximum absolute atomic E-state index is 12.9. The van der Waals surface area contributed by atoms with Gasteiger partial charge in [0.05, 0.1) is 5.56 Å². The van der Waals surface area contributed by atoms with E-state index in [-0.39, 0.29) is 11.8 Å². The predicted molar refractivity (Wildman–Crippen MR) is 94.9 cm³/mol. The van der Waals surface area contributed by atoms with Crippen molar-refractivity contribution in [2.45, 2.75) is 26.2 Å². The van der Waals surface area contributed by atoms with Gasteiger partial charge in [-0.1, -0.05) is 31.5 Å². The fourth-order valence-corrected chi connectivity index (χ4v) is 3.33. The summed E-state index contributed by atoms with van der Waals surface area (Å²) in [6.07, 6.45) is 4.50. The second-order valence-corrected chi connectivity index (χ2v) is 6.45. The van der Waals surface area contributed by atoms with Crippen LogP contribution in [0.3, 0.4) is 0 Å². The number of piperazine rings is 1. The first-order valence-electron chi connectivity index (χ1n) is 8.73. The van der Waals surface area contributed by atoms with Crippen LogP contribution in [-0.2, 0) is 11.8 Å². The second-order valence-electron chi connectivity index (χ2n) is 6.45. The van der Waals surface area contributed by atoms with E-state index in [0.717, 1.165) is 29.3 Å². The van der Waals surface area contributed by atoms with Crippen LogP contribution in [-0.4, -0.2) is 52.4 Å². The first-order valence-corrected chi connectivity index (χ1v) is 8.73. The third-order valence-electron chi connectivity index (χ3n) is 4.79. The van der Waals surface area contributed by atoms with Crippen molar-refractivity contribution < 1.29 is 9.59 Å². The van der Waals surface area contributed by atoms with Gasteiger partial charge in [-0.25, -0.2) is 0 Å². The normalized spacial score (nSPS) is 15.1. The lowest BCUT2D eigenvalue weighted by Gasteiger charge is -2.34. The third-order valence-corrected chi connectivity index (χ3v) is 4.79. The summed E-state index contributed by atoms with van der Waals surface area (Å²) in [5.74, 6) is 0.279. The minimum absolute atomic E-state index is 0.0625. The van der Waals surface area contributed by atoms with Crippen molar-refractivity contribution >= 4 is 22.7 Å². The SMILES string of the molecule is CCCCC(=O)N1CCN(C(=O)c2cn(C)c3ccccc23)CC1. The highest BCUT2D eigenvalue weighted by atomic mass is 16.2. The summed E-state index contributed by atoms with van der Waals surface area (Å²) in [7, 11) is 1.96. The zero-order valence-corrected chi connectivity index (χ0v) is 14.5. The number of aromatic nitrogens is 1. The number of carbonyl (C=O) groups is 2. The number of hydrogen-bond acceptors (Lipinski definition) is 2. The summed E-state index contributed by atoms with van der Waals surface area (Å²) >= 11 is 0. The fraction of sp³-hybridized carbons (Fsp3) is 0.474. The van der Waals surface area contributed by atoms with Gasteiger partial charge in [-0.2, -0.15) is 0 Å². The van der Waals surface area contributed by atoms with Crippen LogP contribution >= 0.6 is 0 Å². The lowest BCUT2D eigenvalue weighted by Crippen LogP contribution is -2.50. The fourth-order valence-electron chi connectivity index (χ4n) is 3.33. The molecule has 5 heteroatoms. The van der Waals surface area contributed by atoms with Crippen LogP contribution in [0.2, 0.25) is 0 Å². The molecule has 0 spiro atoms. The molecule has 3 rings (SSSR count). The van der Waals surface area contributed by atoms with Gasteiger partial charge in [-0.3, -0.25) is 9.59 Å². The standard InChI is InChI=1S/C19H25N3O2/c1-3-4-9-18(23)21-10-12-22(13-11-21)19(24)16-14-20(2)17-8-6-5-7-15(16)17/h5-8,14H,3-4,9-13H2,1-2H3. The van der Waals surface area contributed by atoms with E-state index in [1.807, 2.05) is 51.9 Å².